The number of halogens is 1. The highest BCUT2D eigenvalue weighted by Crippen LogP contribution is 2.29. The normalized spacial score (nSPS) is 10.9. The Morgan fingerprint density at radius 1 is 0.921 bits per heavy atom. The fraction of sp³-hybridized carbons (Fsp3) is 0.0714. The lowest BCUT2D eigenvalue weighted by atomic mass is 10.2. The second kappa shape index (κ2) is 12.5. The number of aryl methyl sites for hydroxylation is 1. The number of ether oxygens (including phenoxy) is 1. The number of benzene rings is 4. The molecule has 1 heterocycles. The molecule has 38 heavy (non-hydrogen) atoms. The molecule has 0 aliphatic heterocycles. The van der Waals surface area contributed by atoms with Crippen LogP contribution in [0.4, 0.5) is 5.13 Å². The molecule has 7 nitrogen and oxygen atoms in total. The summed E-state index contributed by atoms with van der Waals surface area (Å²) in [7, 11) is -2.64. The van der Waals surface area contributed by atoms with E-state index in [9.17, 15) is 17.8 Å². The summed E-state index contributed by atoms with van der Waals surface area (Å²) in [6.45, 7) is 1.82. The molecule has 0 spiro atoms. The van der Waals surface area contributed by atoms with E-state index in [4.69, 9.17) is 4.74 Å². The third-order valence-corrected chi connectivity index (χ3v) is 9.65. The Labute approximate surface area is 235 Å². The molecule has 1 aromatic heterocycles. The highest BCUT2D eigenvalue weighted by molar-refractivity contribution is 7.85. The van der Waals surface area contributed by atoms with E-state index in [1.54, 1.807) is 19.2 Å². The number of carbonyl (C=O) groups is 1. The first-order valence-corrected chi connectivity index (χ1v) is 15.7. The maximum atomic E-state index is 12.5. The van der Waals surface area contributed by atoms with Gasteiger partial charge in [0.05, 0.1) is 22.2 Å². The number of nitrogens with one attached hydrogen (secondary N) is 1. The van der Waals surface area contributed by atoms with Gasteiger partial charge in [0.15, 0.2) is 12.3 Å². The number of amides is 1. The summed E-state index contributed by atoms with van der Waals surface area (Å²) in [6.07, 6.45) is 0. The summed E-state index contributed by atoms with van der Waals surface area (Å²) in [6, 6.07) is 29.7. The predicted molar refractivity (Wildman–Crippen MR) is 144 cm³/mol. The van der Waals surface area contributed by atoms with Gasteiger partial charge in [-0.2, -0.15) is 0 Å². The van der Waals surface area contributed by atoms with Crippen LogP contribution in [0.3, 0.4) is 0 Å². The van der Waals surface area contributed by atoms with Crippen LogP contribution in [0.1, 0.15) is 15.9 Å². The van der Waals surface area contributed by atoms with Gasteiger partial charge in [-0.05, 0) is 73.7 Å². The summed E-state index contributed by atoms with van der Waals surface area (Å²) in [4.78, 5) is 16.8. The summed E-state index contributed by atoms with van der Waals surface area (Å²) in [5, 5.41) is 3.48. The van der Waals surface area contributed by atoms with Crippen LogP contribution >= 0.6 is 11.3 Å². The fourth-order valence-electron chi connectivity index (χ4n) is 3.23. The van der Waals surface area contributed by atoms with Gasteiger partial charge in [0.2, 0.25) is 0 Å². The van der Waals surface area contributed by atoms with Crippen LogP contribution in [0.5, 0.6) is 5.75 Å². The smallest absolute Gasteiger partial charge is 0.357 e. The molecule has 0 aliphatic carbocycles. The standard InChI is InChI=1S/C21H15IN2O2S.C7H8O3S/c1-26-17-11-12-18-19(13-17)27-21(23-18)24-20(25)14-7-9-16(10-8-14)22-15-5-3-2-4-6-15;1-6-2-4-7(5-3-6)11(8,9)10/h2-13H,1H3;2-5H,1H3,(H,8,9,10). The number of thiazole rings is 1. The number of carbonyl (C=O) groups excluding carboxylic acids is 1. The zero-order valence-electron chi connectivity index (χ0n) is 20.4. The second-order valence-corrected chi connectivity index (χ2v) is 13.4. The van der Waals surface area contributed by atoms with Gasteiger partial charge in [0.1, 0.15) is 15.9 Å². The van der Waals surface area contributed by atoms with Crippen molar-refractivity contribution in [3.63, 3.8) is 0 Å². The van der Waals surface area contributed by atoms with Gasteiger partial charge in [0, 0.05) is 5.56 Å². The molecule has 0 bridgehead atoms. The van der Waals surface area contributed by atoms with Crippen molar-refractivity contribution in [2.24, 2.45) is 0 Å². The number of hydrogen-bond donors (Lipinski definition) is 1. The molecule has 5 rings (SSSR count). The van der Waals surface area contributed by atoms with Crippen molar-refractivity contribution in [3.05, 3.63) is 115 Å². The third kappa shape index (κ3) is 7.60. The van der Waals surface area contributed by atoms with Crippen LogP contribution in [0.25, 0.3) is 10.2 Å². The molecule has 194 valence electrons. The lowest BCUT2D eigenvalue weighted by Crippen LogP contribution is -3.61. The molecular weight excluding hydrogens is 635 g/mol. The quantitative estimate of drug-likeness (QED) is 0.222. The van der Waals surface area contributed by atoms with E-state index in [0.29, 0.717) is 10.7 Å². The number of fused-ring (bicyclic) bond motifs is 1. The van der Waals surface area contributed by atoms with Gasteiger partial charge >= 0.3 is 21.2 Å². The van der Waals surface area contributed by atoms with Crippen LogP contribution in [-0.2, 0) is 10.1 Å². The summed E-state index contributed by atoms with van der Waals surface area (Å²) < 4.78 is 40.0. The minimum absolute atomic E-state index is 0.148. The van der Waals surface area contributed by atoms with Crippen molar-refractivity contribution >= 4 is 42.7 Å². The van der Waals surface area contributed by atoms with Crippen molar-refractivity contribution in [2.45, 2.75) is 11.8 Å². The van der Waals surface area contributed by atoms with E-state index < -0.39 is 10.1 Å². The SMILES string of the molecule is COc1ccc2nc(NC(=O)c3ccc([I+]c4ccccc4)cc3)sc2c1.Cc1ccc(S(=O)(=O)[O-])cc1. The number of anilines is 1. The molecule has 0 atom stereocenters. The molecule has 1 N–H and O–H groups in total. The zero-order valence-corrected chi connectivity index (χ0v) is 24.2. The Hall–Kier alpha value is -3.32. The number of aromatic nitrogens is 1. The molecule has 0 aliphatic rings. The van der Waals surface area contributed by atoms with Crippen molar-refractivity contribution < 1.29 is 43.7 Å². The van der Waals surface area contributed by atoms with Crippen molar-refractivity contribution in [3.8, 4) is 5.75 Å². The zero-order chi connectivity index (χ0) is 27.1. The van der Waals surface area contributed by atoms with E-state index in [2.05, 4.69) is 34.6 Å². The minimum atomic E-state index is -4.27. The average molecular weight is 659 g/mol. The maximum absolute atomic E-state index is 12.5. The second-order valence-electron chi connectivity index (χ2n) is 7.97. The Kier molecular flexibility index (Phi) is 9.10. The summed E-state index contributed by atoms with van der Waals surface area (Å²) in [5.41, 5.74) is 2.41. The Morgan fingerprint density at radius 2 is 1.58 bits per heavy atom. The largest absolute Gasteiger partial charge is 0.744 e. The predicted octanol–water partition coefficient (Wildman–Crippen LogP) is 2.58. The molecule has 0 saturated carbocycles. The molecule has 0 radical (unpaired) electrons. The van der Waals surface area contributed by atoms with Crippen LogP contribution in [0.2, 0.25) is 0 Å². The van der Waals surface area contributed by atoms with E-state index in [1.807, 2.05) is 55.5 Å². The summed E-state index contributed by atoms with van der Waals surface area (Å²) >= 11 is 1.21. The topological polar surface area (TPSA) is 108 Å². The molecule has 5 aromatic rings. The highest BCUT2D eigenvalue weighted by Gasteiger charge is 2.16. The Balaban J connectivity index is 0.000000257. The maximum Gasteiger partial charge on any atom is 0.357 e. The van der Waals surface area contributed by atoms with Gasteiger partial charge in [-0.25, -0.2) is 13.4 Å². The number of methoxy groups -OCH3 is 1. The van der Waals surface area contributed by atoms with E-state index in [1.165, 1.54) is 30.6 Å². The molecule has 0 fully saturated rings. The first-order chi connectivity index (χ1) is 18.2. The first kappa shape index (κ1) is 27.7. The first-order valence-electron chi connectivity index (χ1n) is 11.3. The molecule has 4 aromatic carbocycles. The van der Waals surface area contributed by atoms with Crippen LogP contribution < -0.4 is 31.3 Å². The Morgan fingerprint density at radius 3 is 2.21 bits per heavy atom. The number of nitrogens with zero attached hydrogens (tertiary/aromatic N) is 1. The monoisotopic (exact) mass is 658 g/mol. The van der Waals surface area contributed by atoms with Gasteiger partial charge in [-0.15, -0.1) is 0 Å². The number of rotatable bonds is 6. The van der Waals surface area contributed by atoms with E-state index in [-0.39, 0.29) is 32.0 Å². The fourth-order valence-corrected chi connectivity index (χ4v) is 6.80. The van der Waals surface area contributed by atoms with Crippen molar-refractivity contribution in [1.82, 2.24) is 4.98 Å². The molecule has 10 heteroatoms. The third-order valence-electron chi connectivity index (χ3n) is 5.18. The van der Waals surface area contributed by atoms with Gasteiger partial charge in [0.25, 0.3) is 5.91 Å². The van der Waals surface area contributed by atoms with Crippen LogP contribution in [0.15, 0.2) is 102 Å². The van der Waals surface area contributed by atoms with Gasteiger partial charge < -0.3 is 9.29 Å². The molecule has 0 saturated heterocycles. The average Bonchev–Trinajstić information content (AvgIpc) is 3.31. The lowest BCUT2D eigenvalue weighted by Gasteiger charge is -2.05. The van der Waals surface area contributed by atoms with Crippen molar-refractivity contribution in [2.75, 3.05) is 12.4 Å². The van der Waals surface area contributed by atoms with Gasteiger partial charge in [-0.3, -0.25) is 10.1 Å². The van der Waals surface area contributed by atoms with E-state index >= 15 is 0 Å². The molecule has 1 amide bonds. The van der Waals surface area contributed by atoms with E-state index in [0.717, 1.165) is 21.5 Å². The van der Waals surface area contributed by atoms with Crippen molar-refractivity contribution in [1.29, 1.82) is 0 Å². The molecule has 0 unspecified atom stereocenters. The number of hydrogen-bond acceptors (Lipinski definition) is 7. The summed E-state index contributed by atoms with van der Waals surface area (Å²) in [5.74, 6) is 0.631. The van der Waals surface area contributed by atoms with Crippen LogP contribution in [-0.4, -0.2) is 31.0 Å². The highest BCUT2D eigenvalue weighted by atomic mass is 127. The molecular formula is C28H23IN2O5S2. The van der Waals surface area contributed by atoms with Gasteiger partial charge in [-0.1, -0.05) is 47.2 Å². The minimum Gasteiger partial charge on any atom is -0.744 e. The lowest BCUT2D eigenvalue weighted by molar-refractivity contribution is -0.597. The van der Waals surface area contributed by atoms with Crippen LogP contribution in [0, 0.1) is 14.1 Å². The Bertz CT molecular complexity index is 1640.